The van der Waals surface area contributed by atoms with Gasteiger partial charge in [-0.2, -0.15) is 0 Å². The molecule has 1 unspecified atom stereocenters. The molecule has 2 rings (SSSR count). The molecule has 4 nitrogen and oxygen atoms in total. The number of esters is 2. The first kappa shape index (κ1) is 6.27. The molecule has 0 aromatic carbocycles. The summed E-state index contributed by atoms with van der Waals surface area (Å²) in [7, 11) is 0. The second-order valence-electron chi connectivity index (χ2n) is 2.53. The minimum absolute atomic E-state index is 0.0971. The van der Waals surface area contributed by atoms with Crippen molar-refractivity contribution in [1.82, 2.24) is 0 Å². The molecule has 1 saturated heterocycles. The van der Waals surface area contributed by atoms with E-state index in [0.29, 0.717) is 0 Å². The number of rotatable bonds is 0. The van der Waals surface area contributed by atoms with Crippen LogP contribution >= 0.6 is 0 Å². The molecule has 0 bridgehead atoms. The van der Waals surface area contributed by atoms with Gasteiger partial charge < -0.3 is 4.74 Å². The number of ketones is 1. The van der Waals surface area contributed by atoms with Gasteiger partial charge in [0.1, 0.15) is 0 Å². The van der Waals surface area contributed by atoms with Gasteiger partial charge in [0.05, 0.1) is 11.5 Å². The minimum Gasteiger partial charge on any atom is -0.389 e. The van der Waals surface area contributed by atoms with E-state index in [2.05, 4.69) is 4.74 Å². The Kier molecular flexibility index (Phi) is 1.01. The highest BCUT2D eigenvalue weighted by Crippen LogP contribution is 2.31. The van der Waals surface area contributed by atoms with Crippen molar-refractivity contribution in [2.45, 2.75) is 6.42 Å². The molecule has 0 N–H and O–H groups in total. The van der Waals surface area contributed by atoms with E-state index in [1.807, 2.05) is 0 Å². The predicted molar refractivity (Wildman–Crippen MR) is 32.3 cm³/mol. The summed E-state index contributed by atoms with van der Waals surface area (Å²) < 4.78 is 4.28. The summed E-state index contributed by atoms with van der Waals surface area (Å²) in [5, 5.41) is 0. The third-order valence-corrected chi connectivity index (χ3v) is 1.81. The standard InChI is InChI=1S/C7H4O4/c8-3-1-4-5(2-3)7(10)11-6(4)9/h1,5H,2H2. The summed E-state index contributed by atoms with van der Waals surface area (Å²) >= 11 is 0. The zero-order valence-corrected chi connectivity index (χ0v) is 5.49. The lowest BCUT2D eigenvalue weighted by Gasteiger charge is -1.92. The molecule has 4 heteroatoms. The molecule has 2 aliphatic rings. The second-order valence-corrected chi connectivity index (χ2v) is 2.53. The number of cyclic esters (lactones) is 2. The Morgan fingerprint density at radius 2 is 2.09 bits per heavy atom. The maximum Gasteiger partial charge on any atom is 0.342 e. The fourth-order valence-electron chi connectivity index (χ4n) is 1.28. The van der Waals surface area contributed by atoms with E-state index in [1.165, 1.54) is 6.08 Å². The first-order valence-corrected chi connectivity index (χ1v) is 3.19. The molecule has 1 heterocycles. The van der Waals surface area contributed by atoms with Crippen molar-refractivity contribution in [3.63, 3.8) is 0 Å². The SMILES string of the molecule is O=C1C=C2C(=O)OC(=O)C2C1. The van der Waals surface area contributed by atoms with Gasteiger partial charge in [0.15, 0.2) is 5.78 Å². The van der Waals surface area contributed by atoms with Crippen LogP contribution in [0.25, 0.3) is 0 Å². The molecule has 56 valence electrons. The number of fused-ring (bicyclic) bond motifs is 1. The number of allylic oxidation sites excluding steroid dienone is 1. The summed E-state index contributed by atoms with van der Waals surface area (Å²) in [5.74, 6) is -2.03. The van der Waals surface area contributed by atoms with E-state index in [-0.39, 0.29) is 17.8 Å². The molecule has 0 aromatic heterocycles. The summed E-state index contributed by atoms with van der Waals surface area (Å²) in [4.78, 5) is 32.2. The maximum atomic E-state index is 10.8. The Morgan fingerprint density at radius 3 is 2.73 bits per heavy atom. The molecule has 0 amide bonds. The van der Waals surface area contributed by atoms with Crippen molar-refractivity contribution >= 4 is 17.7 Å². The van der Waals surface area contributed by atoms with E-state index in [1.54, 1.807) is 0 Å². The van der Waals surface area contributed by atoms with Gasteiger partial charge in [0, 0.05) is 6.42 Å². The lowest BCUT2D eigenvalue weighted by atomic mass is 10.1. The number of hydrogen-bond acceptors (Lipinski definition) is 4. The fraction of sp³-hybridized carbons (Fsp3) is 0.286. The van der Waals surface area contributed by atoms with E-state index in [4.69, 9.17) is 0 Å². The van der Waals surface area contributed by atoms with Crippen LogP contribution in [-0.4, -0.2) is 17.7 Å². The number of carbonyl (C=O) groups is 3. The highest BCUT2D eigenvalue weighted by atomic mass is 16.6. The number of hydrogen-bond donors (Lipinski definition) is 0. The van der Waals surface area contributed by atoms with Crippen LogP contribution in [-0.2, 0) is 19.1 Å². The highest BCUT2D eigenvalue weighted by Gasteiger charge is 2.43. The van der Waals surface area contributed by atoms with Crippen molar-refractivity contribution in [1.29, 1.82) is 0 Å². The third-order valence-electron chi connectivity index (χ3n) is 1.81. The van der Waals surface area contributed by atoms with Gasteiger partial charge in [-0.25, -0.2) is 4.79 Å². The zero-order chi connectivity index (χ0) is 8.01. The molecule has 1 atom stereocenters. The van der Waals surface area contributed by atoms with E-state index >= 15 is 0 Å². The monoisotopic (exact) mass is 152 g/mol. The van der Waals surface area contributed by atoms with Crippen LogP contribution in [0.5, 0.6) is 0 Å². The molecule has 1 fully saturated rings. The maximum absolute atomic E-state index is 10.8. The summed E-state index contributed by atoms with van der Waals surface area (Å²) in [6.07, 6.45) is 1.29. The highest BCUT2D eigenvalue weighted by molar-refractivity contribution is 6.15. The summed E-state index contributed by atoms with van der Waals surface area (Å²) in [6, 6.07) is 0. The average molecular weight is 152 g/mol. The van der Waals surface area contributed by atoms with Gasteiger partial charge in [-0.3, -0.25) is 9.59 Å². The Hall–Kier alpha value is -1.45. The van der Waals surface area contributed by atoms with Gasteiger partial charge in [0.2, 0.25) is 0 Å². The molecule has 0 aromatic rings. The quantitative estimate of drug-likeness (QED) is 0.349. The Morgan fingerprint density at radius 1 is 1.36 bits per heavy atom. The molecule has 0 radical (unpaired) electrons. The zero-order valence-electron chi connectivity index (χ0n) is 5.49. The smallest absolute Gasteiger partial charge is 0.342 e. The van der Waals surface area contributed by atoms with Crippen LogP contribution in [0.15, 0.2) is 11.6 Å². The largest absolute Gasteiger partial charge is 0.389 e. The molecular formula is C7H4O4. The van der Waals surface area contributed by atoms with E-state index < -0.39 is 17.9 Å². The van der Waals surface area contributed by atoms with Crippen molar-refractivity contribution < 1.29 is 19.1 Å². The summed E-state index contributed by atoms with van der Waals surface area (Å²) in [6.45, 7) is 0. The van der Waals surface area contributed by atoms with Gasteiger partial charge in [-0.05, 0) is 6.08 Å². The number of carbonyl (C=O) groups excluding carboxylic acids is 3. The van der Waals surface area contributed by atoms with Crippen LogP contribution in [0.3, 0.4) is 0 Å². The molecule has 1 aliphatic carbocycles. The summed E-state index contributed by atoms with van der Waals surface area (Å²) in [5.41, 5.74) is 0.222. The van der Waals surface area contributed by atoms with Crippen molar-refractivity contribution in [3.05, 3.63) is 11.6 Å². The first-order valence-electron chi connectivity index (χ1n) is 3.19. The predicted octanol–water partition coefficient (Wildman–Crippen LogP) is -0.415. The van der Waals surface area contributed by atoms with Crippen molar-refractivity contribution in [2.75, 3.05) is 0 Å². The van der Waals surface area contributed by atoms with Gasteiger partial charge in [-0.1, -0.05) is 0 Å². The molecule has 0 spiro atoms. The fourth-order valence-corrected chi connectivity index (χ4v) is 1.28. The van der Waals surface area contributed by atoms with Crippen LogP contribution in [0, 0.1) is 5.92 Å². The Bertz CT molecular complexity index is 300. The molecule has 0 saturated carbocycles. The lowest BCUT2D eigenvalue weighted by molar-refractivity contribution is -0.153. The average Bonchev–Trinajstić information content (AvgIpc) is 2.38. The van der Waals surface area contributed by atoms with E-state index in [0.717, 1.165) is 0 Å². The van der Waals surface area contributed by atoms with Crippen molar-refractivity contribution in [3.8, 4) is 0 Å². The van der Waals surface area contributed by atoms with Crippen molar-refractivity contribution in [2.24, 2.45) is 5.92 Å². The van der Waals surface area contributed by atoms with Gasteiger partial charge in [-0.15, -0.1) is 0 Å². The normalized spacial score (nSPS) is 28.5. The molecule has 1 aliphatic heterocycles. The molecular weight excluding hydrogens is 148 g/mol. The number of ether oxygens (including phenoxy) is 1. The van der Waals surface area contributed by atoms with E-state index in [9.17, 15) is 14.4 Å². The van der Waals surface area contributed by atoms with Crippen LogP contribution in [0.1, 0.15) is 6.42 Å². The van der Waals surface area contributed by atoms with Crippen LogP contribution in [0.4, 0.5) is 0 Å². The minimum atomic E-state index is -0.661. The molecule has 11 heavy (non-hydrogen) atoms. The van der Waals surface area contributed by atoms with Crippen LogP contribution in [0.2, 0.25) is 0 Å². The van der Waals surface area contributed by atoms with Gasteiger partial charge >= 0.3 is 11.9 Å². The van der Waals surface area contributed by atoms with Gasteiger partial charge in [0.25, 0.3) is 0 Å². The Balaban J connectivity index is 2.45. The van der Waals surface area contributed by atoms with Crippen LogP contribution < -0.4 is 0 Å². The lowest BCUT2D eigenvalue weighted by Crippen LogP contribution is -2.07. The Labute approximate surface area is 61.8 Å². The first-order chi connectivity index (χ1) is 5.18. The third kappa shape index (κ3) is 0.721. The second kappa shape index (κ2) is 1.78. The topological polar surface area (TPSA) is 60.4 Å².